The molecule has 0 aliphatic heterocycles. The molecule has 2 amide bonds. The predicted octanol–water partition coefficient (Wildman–Crippen LogP) is 1.96. The smallest absolute Gasteiger partial charge is 0.224 e. The first-order valence-electron chi connectivity index (χ1n) is 7.94. The fourth-order valence-corrected chi connectivity index (χ4v) is 3.11. The molecule has 0 saturated heterocycles. The maximum absolute atomic E-state index is 12.3. The van der Waals surface area contributed by atoms with Crippen LogP contribution in [0, 0.1) is 0 Å². The van der Waals surface area contributed by atoms with Crippen molar-refractivity contribution in [1.82, 2.24) is 5.32 Å². The SMILES string of the molecule is CC(=O)Nc1cccc(CC(=O)N[C@@H]2Cc3ccccc3[C@H]2O)c1. The molecule has 3 N–H and O–H groups in total. The van der Waals surface area contributed by atoms with Gasteiger partial charge in [-0.3, -0.25) is 9.59 Å². The van der Waals surface area contributed by atoms with Gasteiger partial charge in [-0.2, -0.15) is 0 Å². The first-order chi connectivity index (χ1) is 11.5. The number of benzene rings is 2. The van der Waals surface area contributed by atoms with Crippen molar-refractivity contribution in [1.29, 1.82) is 0 Å². The summed E-state index contributed by atoms with van der Waals surface area (Å²) in [4.78, 5) is 23.4. The summed E-state index contributed by atoms with van der Waals surface area (Å²) in [6.45, 7) is 1.44. The van der Waals surface area contributed by atoms with Gasteiger partial charge in [-0.15, -0.1) is 0 Å². The fourth-order valence-electron chi connectivity index (χ4n) is 3.11. The Morgan fingerprint density at radius 3 is 2.71 bits per heavy atom. The molecule has 124 valence electrons. The van der Waals surface area contributed by atoms with E-state index in [2.05, 4.69) is 10.6 Å². The molecule has 0 heterocycles. The van der Waals surface area contributed by atoms with E-state index in [-0.39, 0.29) is 24.3 Å². The summed E-state index contributed by atoms with van der Waals surface area (Å²) in [6, 6.07) is 14.6. The van der Waals surface area contributed by atoms with Crippen molar-refractivity contribution in [3.05, 3.63) is 65.2 Å². The topological polar surface area (TPSA) is 78.4 Å². The molecule has 0 radical (unpaired) electrons. The molecule has 3 rings (SSSR count). The quantitative estimate of drug-likeness (QED) is 0.804. The van der Waals surface area contributed by atoms with E-state index in [0.717, 1.165) is 16.7 Å². The molecule has 1 aliphatic rings. The van der Waals surface area contributed by atoms with Crippen LogP contribution in [0.25, 0.3) is 0 Å². The van der Waals surface area contributed by atoms with Crippen molar-refractivity contribution in [3.8, 4) is 0 Å². The van der Waals surface area contributed by atoms with Crippen LogP contribution in [0.2, 0.25) is 0 Å². The van der Waals surface area contributed by atoms with Gasteiger partial charge in [-0.1, -0.05) is 36.4 Å². The van der Waals surface area contributed by atoms with Crippen LogP contribution in [0.3, 0.4) is 0 Å². The summed E-state index contributed by atoms with van der Waals surface area (Å²) in [7, 11) is 0. The second kappa shape index (κ2) is 6.84. The number of aliphatic hydroxyl groups is 1. The van der Waals surface area contributed by atoms with Gasteiger partial charge in [0.2, 0.25) is 11.8 Å². The Hall–Kier alpha value is -2.66. The molecule has 1 aliphatic carbocycles. The molecule has 0 aromatic heterocycles. The number of fused-ring (bicyclic) bond motifs is 1. The summed E-state index contributed by atoms with van der Waals surface area (Å²) < 4.78 is 0. The Morgan fingerprint density at radius 1 is 1.17 bits per heavy atom. The molecule has 5 heteroatoms. The highest BCUT2D eigenvalue weighted by atomic mass is 16.3. The Kier molecular flexibility index (Phi) is 4.62. The molecule has 24 heavy (non-hydrogen) atoms. The minimum Gasteiger partial charge on any atom is -0.386 e. The van der Waals surface area contributed by atoms with Gasteiger partial charge < -0.3 is 15.7 Å². The van der Waals surface area contributed by atoms with Gasteiger partial charge in [0.15, 0.2) is 0 Å². The number of hydrogen-bond donors (Lipinski definition) is 3. The third kappa shape index (κ3) is 3.63. The van der Waals surface area contributed by atoms with Crippen LogP contribution in [0.15, 0.2) is 48.5 Å². The summed E-state index contributed by atoms with van der Waals surface area (Å²) in [5.74, 6) is -0.296. The van der Waals surface area contributed by atoms with Crippen LogP contribution < -0.4 is 10.6 Å². The molecule has 2 aromatic carbocycles. The standard InChI is InChI=1S/C19H20N2O3/c1-12(22)20-15-7-4-5-13(9-15)10-18(23)21-17-11-14-6-2-3-8-16(14)19(17)24/h2-9,17,19,24H,10-11H2,1H3,(H,20,22)(H,21,23)/t17-,19-/m1/s1. The number of rotatable bonds is 4. The van der Waals surface area contributed by atoms with Crippen LogP contribution >= 0.6 is 0 Å². The molecule has 5 nitrogen and oxygen atoms in total. The van der Waals surface area contributed by atoms with Crippen molar-refractivity contribution in [3.63, 3.8) is 0 Å². The number of anilines is 1. The largest absolute Gasteiger partial charge is 0.386 e. The van der Waals surface area contributed by atoms with Gasteiger partial charge in [0, 0.05) is 12.6 Å². The van der Waals surface area contributed by atoms with Crippen molar-refractivity contribution in [2.24, 2.45) is 0 Å². The lowest BCUT2D eigenvalue weighted by atomic mass is 10.1. The van der Waals surface area contributed by atoms with Gasteiger partial charge in [0.25, 0.3) is 0 Å². The molecule has 0 spiro atoms. The zero-order chi connectivity index (χ0) is 17.1. The van der Waals surface area contributed by atoms with Crippen molar-refractivity contribution in [2.45, 2.75) is 31.9 Å². The van der Waals surface area contributed by atoms with E-state index in [1.807, 2.05) is 30.3 Å². The van der Waals surface area contributed by atoms with Gasteiger partial charge in [0.05, 0.1) is 18.6 Å². The van der Waals surface area contributed by atoms with E-state index in [0.29, 0.717) is 12.1 Å². The third-order valence-electron chi connectivity index (χ3n) is 4.15. The van der Waals surface area contributed by atoms with E-state index >= 15 is 0 Å². The summed E-state index contributed by atoms with van der Waals surface area (Å²) in [5, 5.41) is 15.9. The van der Waals surface area contributed by atoms with Crippen molar-refractivity contribution in [2.75, 3.05) is 5.32 Å². The lowest BCUT2D eigenvalue weighted by molar-refractivity contribution is -0.122. The van der Waals surface area contributed by atoms with Gasteiger partial charge in [-0.05, 0) is 35.2 Å². The predicted molar refractivity (Wildman–Crippen MR) is 91.5 cm³/mol. The highest BCUT2D eigenvalue weighted by molar-refractivity contribution is 5.89. The van der Waals surface area contributed by atoms with E-state index in [1.165, 1.54) is 6.92 Å². The monoisotopic (exact) mass is 324 g/mol. The number of amides is 2. The Balaban J connectivity index is 1.62. The Bertz CT molecular complexity index is 773. The fraction of sp³-hybridized carbons (Fsp3) is 0.263. The number of nitrogens with one attached hydrogen (secondary N) is 2. The summed E-state index contributed by atoms with van der Waals surface area (Å²) in [5.41, 5.74) is 3.43. The number of aliphatic hydroxyl groups excluding tert-OH is 1. The summed E-state index contributed by atoms with van der Waals surface area (Å²) >= 11 is 0. The zero-order valence-electron chi connectivity index (χ0n) is 13.5. The van der Waals surface area contributed by atoms with Crippen LogP contribution in [0.1, 0.15) is 29.7 Å². The molecule has 2 aromatic rings. The van der Waals surface area contributed by atoms with Crippen LogP contribution in [-0.4, -0.2) is 23.0 Å². The second-order valence-electron chi connectivity index (χ2n) is 6.08. The average molecular weight is 324 g/mol. The summed E-state index contributed by atoms with van der Waals surface area (Å²) in [6.07, 6.45) is 0.165. The molecule has 0 unspecified atom stereocenters. The second-order valence-corrected chi connectivity index (χ2v) is 6.08. The lowest BCUT2D eigenvalue weighted by Crippen LogP contribution is -2.38. The van der Waals surface area contributed by atoms with E-state index in [4.69, 9.17) is 0 Å². The van der Waals surface area contributed by atoms with Crippen molar-refractivity contribution < 1.29 is 14.7 Å². The van der Waals surface area contributed by atoms with E-state index < -0.39 is 6.10 Å². The number of hydrogen-bond acceptors (Lipinski definition) is 3. The molecular formula is C19H20N2O3. The van der Waals surface area contributed by atoms with Crippen LogP contribution in [-0.2, 0) is 22.4 Å². The molecule has 0 bridgehead atoms. The Labute approximate surface area is 140 Å². The minimum absolute atomic E-state index is 0.146. The molecule has 2 atom stereocenters. The highest BCUT2D eigenvalue weighted by Gasteiger charge is 2.31. The molecular weight excluding hydrogens is 304 g/mol. The van der Waals surface area contributed by atoms with Crippen LogP contribution in [0.5, 0.6) is 0 Å². The first-order valence-corrected chi connectivity index (χ1v) is 7.94. The molecule has 0 saturated carbocycles. The zero-order valence-corrected chi connectivity index (χ0v) is 13.5. The first kappa shape index (κ1) is 16.2. The third-order valence-corrected chi connectivity index (χ3v) is 4.15. The number of carbonyl (C=O) groups is 2. The normalized spacial score (nSPS) is 18.8. The van der Waals surface area contributed by atoms with Crippen molar-refractivity contribution >= 4 is 17.5 Å². The van der Waals surface area contributed by atoms with Gasteiger partial charge in [0.1, 0.15) is 0 Å². The van der Waals surface area contributed by atoms with Gasteiger partial charge >= 0.3 is 0 Å². The highest BCUT2D eigenvalue weighted by Crippen LogP contribution is 2.31. The van der Waals surface area contributed by atoms with Crippen LogP contribution in [0.4, 0.5) is 5.69 Å². The minimum atomic E-state index is -0.670. The molecule has 0 fully saturated rings. The average Bonchev–Trinajstić information content (AvgIpc) is 2.83. The number of carbonyl (C=O) groups excluding carboxylic acids is 2. The van der Waals surface area contributed by atoms with E-state index in [1.54, 1.807) is 18.2 Å². The Morgan fingerprint density at radius 2 is 1.96 bits per heavy atom. The lowest BCUT2D eigenvalue weighted by Gasteiger charge is -2.17. The van der Waals surface area contributed by atoms with E-state index in [9.17, 15) is 14.7 Å². The maximum Gasteiger partial charge on any atom is 0.224 e. The maximum atomic E-state index is 12.3. The van der Waals surface area contributed by atoms with Gasteiger partial charge in [-0.25, -0.2) is 0 Å².